The molecule has 13 heteroatoms. The molecule has 0 spiro atoms. The smallest absolute Gasteiger partial charge is 0.368 e. The third-order valence-electron chi connectivity index (χ3n) is 5.03. The fourth-order valence-corrected chi connectivity index (χ4v) is 3.85. The lowest BCUT2D eigenvalue weighted by molar-refractivity contribution is -0.137. The Kier molecular flexibility index (Phi) is 5.48. The number of hydrogen-bond donors (Lipinski definition) is 2. The van der Waals surface area contributed by atoms with Crippen LogP contribution in [0.5, 0.6) is 0 Å². The number of nitrogens with one attached hydrogen (secondary N) is 1. The highest BCUT2D eigenvalue weighted by Gasteiger charge is 2.36. The molecule has 3 heterocycles. The number of anilines is 3. The summed E-state index contributed by atoms with van der Waals surface area (Å²) in [6, 6.07) is 4.19. The SMILES string of the molecule is Cc1cc(C(=O)Nc2cnn3c2C(=O)N(c2ccc(C(F)(F)F)c(Cl)c2)C[C@@H]3C)nc(N)n1. The number of fused-ring (bicyclic) bond motifs is 1. The predicted molar refractivity (Wildman–Crippen MR) is 114 cm³/mol. The van der Waals surface area contributed by atoms with Crippen LogP contribution < -0.4 is 16.0 Å². The third-order valence-corrected chi connectivity index (χ3v) is 5.34. The van der Waals surface area contributed by atoms with Crippen LogP contribution in [0.1, 0.15) is 45.2 Å². The first-order valence-corrected chi connectivity index (χ1v) is 10.0. The summed E-state index contributed by atoms with van der Waals surface area (Å²) in [6.45, 7) is 3.57. The van der Waals surface area contributed by atoms with Gasteiger partial charge >= 0.3 is 6.18 Å². The van der Waals surface area contributed by atoms with Crippen molar-refractivity contribution in [2.45, 2.75) is 26.1 Å². The highest BCUT2D eigenvalue weighted by Crippen LogP contribution is 2.38. The van der Waals surface area contributed by atoms with Crippen LogP contribution in [-0.2, 0) is 6.18 Å². The maximum absolute atomic E-state index is 13.3. The number of halogens is 4. The van der Waals surface area contributed by atoms with Crippen LogP contribution in [-0.4, -0.2) is 38.1 Å². The van der Waals surface area contributed by atoms with Gasteiger partial charge in [-0.3, -0.25) is 14.3 Å². The number of alkyl halides is 3. The summed E-state index contributed by atoms with van der Waals surface area (Å²) in [5.41, 5.74) is 5.46. The van der Waals surface area contributed by atoms with Crippen molar-refractivity contribution in [1.82, 2.24) is 19.7 Å². The minimum absolute atomic E-state index is 0.00244. The van der Waals surface area contributed by atoms with Crippen LogP contribution in [0.15, 0.2) is 30.5 Å². The number of benzene rings is 1. The van der Waals surface area contributed by atoms with Gasteiger partial charge in [0.25, 0.3) is 11.8 Å². The Bertz CT molecular complexity index is 1250. The van der Waals surface area contributed by atoms with Gasteiger partial charge < -0.3 is 16.0 Å². The summed E-state index contributed by atoms with van der Waals surface area (Å²) in [7, 11) is 0. The molecule has 4 rings (SSSR count). The molecule has 0 aliphatic carbocycles. The largest absolute Gasteiger partial charge is 0.417 e. The Morgan fingerprint density at radius 3 is 2.64 bits per heavy atom. The van der Waals surface area contributed by atoms with Crippen molar-refractivity contribution in [1.29, 1.82) is 0 Å². The second-order valence-electron chi connectivity index (χ2n) is 7.48. The third kappa shape index (κ3) is 4.21. The molecule has 1 aromatic carbocycles. The zero-order chi connectivity index (χ0) is 24.1. The van der Waals surface area contributed by atoms with Gasteiger partial charge in [0, 0.05) is 17.9 Å². The molecule has 1 aliphatic heterocycles. The summed E-state index contributed by atoms with van der Waals surface area (Å²) in [4.78, 5) is 35.0. The van der Waals surface area contributed by atoms with E-state index < -0.39 is 28.6 Å². The molecule has 0 unspecified atom stereocenters. The van der Waals surface area contributed by atoms with Crippen LogP contribution in [0.2, 0.25) is 5.02 Å². The molecule has 9 nitrogen and oxygen atoms in total. The average Bonchev–Trinajstić information content (AvgIpc) is 3.13. The van der Waals surface area contributed by atoms with E-state index in [1.165, 1.54) is 27.9 Å². The van der Waals surface area contributed by atoms with E-state index in [1.807, 2.05) is 0 Å². The summed E-state index contributed by atoms with van der Waals surface area (Å²) in [5, 5.41) is 6.25. The van der Waals surface area contributed by atoms with Crippen molar-refractivity contribution in [2.24, 2.45) is 0 Å². The first kappa shape index (κ1) is 22.5. The van der Waals surface area contributed by atoms with E-state index >= 15 is 0 Å². The Labute approximate surface area is 190 Å². The molecule has 3 aromatic rings. The molecule has 0 bridgehead atoms. The number of rotatable bonds is 3. The maximum atomic E-state index is 13.3. The number of carbonyl (C=O) groups is 2. The lowest BCUT2D eigenvalue weighted by Gasteiger charge is -2.32. The number of carbonyl (C=O) groups excluding carboxylic acids is 2. The molecule has 1 aliphatic rings. The van der Waals surface area contributed by atoms with E-state index in [4.69, 9.17) is 17.3 Å². The van der Waals surface area contributed by atoms with E-state index in [9.17, 15) is 22.8 Å². The lowest BCUT2D eigenvalue weighted by atomic mass is 10.1. The van der Waals surface area contributed by atoms with Crippen molar-refractivity contribution < 1.29 is 22.8 Å². The molecule has 1 atom stereocenters. The van der Waals surface area contributed by atoms with Crippen LogP contribution in [0, 0.1) is 6.92 Å². The number of aromatic nitrogens is 4. The summed E-state index contributed by atoms with van der Waals surface area (Å²) in [6.07, 6.45) is -3.30. The maximum Gasteiger partial charge on any atom is 0.417 e. The minimum atomic E-state index is -4.62. The Morgan fingerprint density at radius 1 is 1.27 bits per heavy atom. The second kappa shape index (κ2) is 8.03. The quantitative estimate of drug-likeness (QED) is 0.591. The van der Waals surface area contributed by atoms with Crippen LogP contribution in [0.3, 0.4) is 0 Å². The van der Waals surface area contributed by atoms with Gasteiger partial charge in [-0.1, -0.05) is 11.6 Å². The first-order chi connectivity index (χ1) is 15.5. The second-order valence-corrected chi connectivity index (χ2v) is 7.89. The molecule has 2 aromatic heterocycles. The fraction of sp³-hybridized carbons (Fsp3) is 0.250. The van der Waals surface area contributed by atoms with E-state index in [1.54, 1.807) is 13.8 Å². The van der Waals surface area contributed by atoms with Gasteiger partial charge in [-0.2, -0.15) is 18.3 Å². The Morgan fingerprint density at radius 2 is 2.00 bits per heavy atom. The predicted octanol–water partition coefficient (Wildman–Crippen LogP) is 3.71. The number of nitrogens with zero attached hydrogens (tertiary/aromatic N) is 5. The van der Waals surface area contributed by atoms with E-state index in [0.29, 0.717) is 5.69 Å². The van der Waals surface area contributed by atoms with Crippen molar-refractivity contribution in [2.75, 3.05) is 22.5 Å². The summed E-state index contributed by atoms with van der Waals surface area (Å²) >= 11 is 5.84. The summed E-state index contributed by atoms with van der Waals surface area (Å²) in [5.74, 6) is -1.26. The van der Waals surface area contributed by atoms with E-state index in [2.05, 4.69) is 20.4 Å². The molecular formula is C20H17ClF3N7O2. The van der Waals surface area contributed by atoms with Crippen molar-refractivity contribution in [3.05, 3.63) is 58.1 Å². The molecule has 2 amide bonds. The summed E-state index contributed by atoms with van der Waals surface area (Å²) < 4.78 is 40.6. The molecule has 0 saturated heterocycles. The highest BCUT2D eigenvalue weighted by atomic mass is 35.5. The monoisotopic (exact) mass is 479 g/mol. The molecule has 3 N–H and O–H groups in total. The normalized spacial score (nSPS) is 16.0. The van der Waals surface area contributed by atoms with E-state index in [0.717, 1.165) is 12.1 Å². The molecule has 0 fully saturated rings. The van der Waals surface area contributed by atoms with Crippen molar-refractivity contribution >= 4 is 40.7 Å². The van der Waals surface area contributed by atoms with Gasteiger partial charge in [-0.25, -0.2) is 9.97 Å². The molecular weight excluding hydrogens is 463 g/mol. The van der Waals surface area contributed by atoms with Gasteiger partial charge in [-0.05, 0) is 38.1 Å². The van der Waals surface area contributed by atoms with E-state index in [-0.39, 0.29) is 41.3 Å². The number of amides is 2. The van der Waals surface area contributed by atoms with Gasteiger partial charge in [-0.15, -0.1) is 0 Å². The van der Waals surface area contributed by atoms with Gasteiger partial charge in [0.05, 0.1) is 28.5 Å². The Balaban J connectivity index is 1.66. The highest BCUT2D eigenvalue weighted by molar-refractivity contribution is 6.31. The topological polar surface area (TPSA) is 119 Å². The zero-order valence-electron chi connectivity index (χ0n) is 17.3. The van der Waals surface area contributed by atoms with Gasteiger partial charge in [0.1, 0.15) is 5.69 Å². The number of aryl methyl sites for hydroxylation is 1. The minimum Gasteiger partial charge on any atom is -0.368 e. The van der Waals surface area contributed by atoms with Crippen molar-refractivity contribution in [3.8, 4) is 0 Å². The van der Waals surface area contributed by atoms with Gasteiger partial charge in [0.2, 0.25) is 5.95 Å². The van der Waals surface area contributed by atoms with Crippen LogP contribution >= 0.6 is 11.6 Å². The van der Waals surface area contributed by atoms with Crippen molar-refractivity contribution in [3.63, 3.8) is 0 Å². The van der Waals surface area contributed by atoms with Crippen LogP contribution in [0.25, 0.3) is 0 Å². The fourth-order valence-electron chi connectivity index (χ4n) is 3.57. The molecule has 0 saturated carbocycles. The van der Waals surface area contributed by atoms with Crippen LogP contribution in [0.4, 0.5) is 30.5 Å². The Hall–Kier alpha value is -3.67. The van der Waals surface area contributed by atoms with Gasteiger partial charge in [0.15, 0.2) is 5.69 Å². The number of hydrogen-bond acceptors (Lipinski definition) is 6. The number of nitrogens with two attached hydrogens (primary N) is 1. The standard InChI is InChI=1S/C20H17ClF3N7O2/c1-9-5-14(29-19(25)27-9)17(32)28-15-7-26-31-10(2)8-30(18(33)16(15)31)11-3-4-12(13(21)6-11)20(22,23)24/h3-7,10H,8H2,1-2H3,(H,28,32)(H2,25,27,29)/t10-/m0/s1. The lowest BCUT2D eigenvalue weighted by Crippen LogP contribution is -2.43. The molecule has 0 radical (unpaired) electrons. The first-order valence-electron chi connectivity index (χ1n) is 9.64. The molecule has 33 heavy (non-hydrogen) atoms. The zero-order valence-corrected chi connectivity index (χ0v) is 18.1. The average molecular weight is 480 g/mol. The number of nitrogen functional groups attached to an aromatic ring is 1. The molecule has 172 valence electrons.